The molecule has 184 valence electrons. The Balaban J connectivity index is 1.20. The Bertz CT molecular complexity index is 1060. The molecule has 0 radical (unpaired) electrons. The summed E-state index contributed by atoms with van der Waals surface area (Å²) in [6.07, 6.45) is 4.51. The first-order chi connectivity index (χ1) is 16.6. The number of nitrogens with zero attached hydrogens (tertiary/aromatic N) is 2. The predicted molar refractivity (Wildman–Crippen MR) is 132 cm³/mol. The molecule has 8 heteroatoms. The monoisotopic (exact) mass is 476 g/mol. The van der Waals surface area contributed by atoms with Gasteiger partial charge in [0, 0.05) is 29.7 Å². The maximum Gasteiger partial charge on any atom is 0.496 e. The molecule has 1 aromatic carbocycles. The lowest BCUT2D eigenvalue weighted by Gasteiger charge is -2.37. The van der Waals surface area contributed by atoms with Crippen molar-refractivity contribution in [2.45, 2.75) is 83.3 Å². The molecular formula is C27H33BN2O5. The number of Topliss-reactive ketones (excluding diaryl/α,β-unsaturated/α-hetero) is 1. The molecule has 3 fully saturated rings. The van der Waals surface area contributed by atoms with E-state index in [9.17, 15) is 9.59 Å². The third kappa shape index (κ3) is 4.61. The highest BCUT2D eigenvalue weighted by atomic mass is 16.7. The van der Waals surface area contributed by atoms with Gasteiger partial charge in [0.1, 0.15) is 12.3 Å². The van der Waals surface area contributed by atoms with Crippen LogP contribution in [0.5, 0.6) is 0 Å². The molecule has 2 bridgehead atoms. The molecular weight excluding hydrogens is 443 g/mol. The number of pyridine rings is 1. The number of piperidine rings is 1. The second-order valence-electron chi connectivity index (χ2n) is 10.9. The minimum absolute atomic E-state index is 0.0370. The van der Waals surface area contributed by atoms with Crippen LogP contribution in [0.25, 0.3) is 0 Å². The van der Waals surface area contributed by atoms with Crippen LogP contribution in [0, 0.1) is 5.92 Å². The fourth-order valence-electron chi connectivity index (χ4n) is 5.36. The van der Waals surface area contributed by atoms with Gasteiger partial charge >= 0.3 is 13.2 Å². The Morgan fingerprint density at radius 3 is 2.20 bits per heavy atom. The summed E-state index contributed by atoms with van der Waals surface area (Å²) in [5.41, 5.74) is 1.36. The van der Waals surface area contributed by atoms with Crippen LogP contribution in [0.15, 0.2) is 48.7 Å². The van der Waals surface area contributed by atoms with Gasteiger partial charge in [-0.1, -0.05) is 36.4 Å². The van der Waals surface area contributed by atoms with Gasteiger partial charge in [-0.3, -0.25) is 9.78 Å². The molecule has 2 unspecified atom stereocenters. The van der Waals surface area contributed by atoms with E-state index >= 15 is 0 Å². The Hall–Kier alpha value is -2.71. The average Bonchev–Trinajstić information content (AvgIpc) is 3.24. The molecule has 0 spiro atoms. The van der Waals surface area contributed by atoms with E-state index < -0.39 is 18.3 Å². The fraction of sp³-hybridized carbons (Fsp3) is 0.519. The quantitative estimate of drug-likeness (QED) is 0.477. The van der Waals surface area contributed by atoms with E-state index in [-0.39, 0.29) is 36.5 Å². The van der Waals surface area contributed by atoms with E-state index in [2.05, 4.69) is 4.98 Å². The Morgan fingerprint density at radius 2 is 1.63 bits per heavy atom. The van der Waals surface area contributed by atoms with Crippen LogP contribution in [0.4, 0.5) is 4.79 Å². The normalized spacial score (nSPS) is 26.6. The van der Waals surface area contributed by atoms with Crippen LogP contribution >= 0.6 is 0 Å². The number of fused-ring (bicyclic) bond motifs is 2. The third-order valence-corrected chi connectivity index (χ3v) is 8.08. The SMILES string of the molecule is CC1(C)OB(c2ccc(C(=O)C3CC4CCC(C3)N4C(=O)OCc3ccccc3)nc2)OC1(C)C. The zero-order valence-electron chi connectivity index (χ0n) is 20.9. The van der Waals surface area contributed by atoms with E-state index in [1.807, 2.05) is 69.0 Å². The van der Waals surface area contributed by atoms with Crippen molar-refractivity contribution >= 4 is 24.5 Å². The molecule has 0 N–H and O–H groups in total. The lowest BCUT2D eigenvalue weighted by molar-refractivity contribution is 0.00578. The van der Waals surface area contributed by atoms with Gasteiger partial charge in [0.15, 0.2) is 5.78 Å². The van der Waals surface area contributed by atoms with Gasteiger partial charge in [-0.25, -0.2) is 4.79 Å². The molecule has 3 saturated heterocycles. The topological polar surface area (TPSA) is 78.0 Å². The number of ketones is 1. The summed E-state index contributed by atoms with van der Waals surface area (Å²) in [6.45, 7) is 8.30. The first kappa shape index (κ1) is 24.0. The van der Waals surface area contributed by atoms with E-state index in [4.69, 9.17) is 14.0 Å². The predicted octanol–water partition coefficient (Wildman–Crippen LogP) is 4.14. The molecule has 5 rings (SSSR count). The first-order valence-electron chi connectivity index (χ1n) is 12.5. The van der Waals surface area contributed by atoms with Crippen molar-refractivity contribution in [2.75, 3.05) is 0 Å². The van der Waals surface area contributed by atoms with Crippen LogP contribution in [-0.4, -0.2) is 52.2 Å². The molecule has 3 aliphatic heterocycles. The lowest BCUT2D eigenvalue weighted by atomic mass is 9.80. The summed E-state index contributed by atoms with van der Waals surface area (Å²) in [5.74, 6) is -0.0967. The Labute approximate surface area is 207 Å². The number of benzene rings is 1. The van der Waals surface area contributed by atoms with Crippen LogP contribution < -0.4 is 5.46 Å². The molecule has 2 atom stereocenters. The fourth-order valence-corrected chi connectivity index (χ4v) is 5.36. The van der Waals surface area contributed by atoms with Crippen molar-refractivity contribution < 1.29 is 23.6 Å². The first-order valence-corrected chi connectivity index (χ1v) is 12.5. The van der Waals surface area contributed by atoms with E-state index in [0.717, 1.165) is 23.9 Å². The minimum atomic E-state index is -0.502. The van der Waals surface area contributed by atoms with Gasteiger partial charge < -0.3 is 18.9 Å². The highest BCUT2D eigenvalue weighted by molar-refractivity contribution is 6.62. The standard InChI is InChI=1S/C27H33BN2O5/c1-26(2)27(3,4)35-28(34-26)20-10-13-23(29-16-20)24(31)19-14-21-11-12-22(15-19)30(21)25(32)33-17-18-8-6-5-7-9-18/h5-10,13,16,19,21-22H,11-12,14-15,17H2,1-4H3. The molecule has 4 heterocycles. The number of hydrogen-bond donors (Lipinski definition) is 0. The zero-order valence-corrected chi connectivity index (χ0v) is 20.9. The largest absolute Gasteiger partial charge is 0.496 e. The second-order valence-corrected chi connectivity index (χ2v) is 10.9. The van der Waals surface area contributed by atoms with E-state index in [1.54, 1.807) is 12.3 Å². The number of hydrogen-bond acceptors (Lipinski definition) is 6. The van der Waals surface area contributed by atoms with Crippen LogP contribution in [-0.2, 0) is 20.7 Å². The summed E-state index contributed by atoms with van der Waals surface area (Å²) >= 11 is 0. The zero-order chi connectivity index (χ0) is 24.8. The van der Waals surface area contributed by atoms with Crippen molar-refractivity contribution in [3.05, 3.63) is 59.9 Å². The molecule has 1 aromatic heterocycles. The Kier molecular flexibility index (Phi) is 6.22. The summed E-state index contributed by atoms with van der Waals surface area (Å²) in [7, 11) is -0.502. The van der Waals surface area contributed by atoms with E-state index in [1.165, 1.54) is 0 Å². The van der Waals surface area contributed by atoms with E-state index in [0.29, 0.717) is 18.5 Å². The molecule has 0 saturated carbocycles. The van der Waals surface area contributed by atoms with Crippen molar-refractivity contribution in [2.24, 2.45) is 5.92 Å². The molecule has 1 amide bonds. The number of rotatable bonds is 5. The summed E-state index contributed by atoms with van der Waals surface area (Å²) in [6, 6.07) is 13.4. The molecule has 0 aliphatic carbocycles. The summed E-state index contributed by atoms with van der Waals surface area (Å²) in [5, 5.41) is 0. The van der Waals surface area contributed by atoms with Crippen molar-refractivity contribution in [1.29, 1.82) is 0 Å². The van der Waals surface area contributed by atoms with Gasteiger partial charge in [0.25, 0.3) is 0 Å². The molecule has 3 aliphatic rings. The molecule has 2 aromatic rings. The highest BCUT2D eigenvalue weighted by Gasteiger charge is 2.52. The maximum atomic E-state index is 13.3. The summed E-state index contributed by atoms with van der Waals surface area (Å²) < 4.78 is 17.8. The number of carbonyl (C=O) groups excluding carboxylic acids is 2. The van der Waals surface area contributed by atoms with Crippen molar-refractivity contribution in [1.82, 2.24) is 9.88 Å². The number of amides is 1. The van der Waals surface area contributed by atoms with Gasteiger partial charge in [-0.15, -0.1) is 0 Å². The molecule has 35 heavy (non-hydrogen) atoms. The van der Waals surface area contributed by atoms with Gasteiger partial charge in [-0.2, -0.15) is 0 Å². The van der Waals surface area contributed by atoms with Gasteiger partial charge in [0.2, 0.25) is 0 Å². The highest BCUT2D eigenvalue weighted by Crippen LogP contribution is 2.40. The van der Waals surface area contributed by atoms with Gasteiger partial charge in [0.05, 0.1) is 11.2 Å². The van der Waals surface area contributed by atoms with Crippen LogP contribution in [0.1, 0.15) is 69.4 Å². The molecule has 7 nitrogen and oxygen atoms in total. The Morgan fingerprint density at radius 1 is 1.00 bits per heavy atom. The number of carbonyl (C=O) groups is 2. The van der Waals surface area contributed by atoms with Crippen molar-refractivity contribution in [3.8, 4) is 0 Å². The second kappa shape index (κ2) is 9.06. The maximum absolute atomic E-state index is 13.3. The summed E-state index contributed by atoms with van der Waals surface area (Å²) in [4.78, 5) is 32.4. The smallest absolute Gasteiger partial charge is 0.445 e. The number of ether oxygens (including phenoxy) is 1. The van der Waals surface area contributed by atoms with Crippen LogP contribution in [0.2, 0.25) is 0 Å². The number of aromatic nitrogens is 1. The average molecular weight is 476 g/mol. The minimum Gasteiger partial charge on any atom is -0.445 e. The van der Waals surface area contributed by atoms with Crippen LogP contribution in [0.3, 0.4) is 0 Å². The van der Waals surface area contributed by atoms with Crippen molar-refractivity contribution in [3.63, 3.8) is 0 Å². The lowest BCUT2D eigenvalue weighted by Crippen LogP contribution is -2.48. The third-order valence-electron chi connectivity index (χ3n) is 8.08. The van der Waals surface area contributed by atoms with Gasteiger partial charge in [-0.05, 0) is 65.0 Å².